The number of ether oxygens (including phenoxy) is 1. The third kappa shape index (κ3) is 3.39. The first-order valence-electron chi connectivity index (χ1n) is 6.95. The van der Waals surface area contributed by atoms with Crippen LogP contribution in [0.2, 0.25) is 0 Å². The monoisotopic (exact) mass is 295 g/mol. The van der Waals surface area contributed by atoms with Crippen molar-refractivity contribution in [2.75, 3.05) is 18.2 Å². The van der Waals surface area contributed by atoms with Crippen LogP contribution < -0.4 is 10.1 Å². The molecule has 110 valence electrons. The molecule has 0 saturated heterocycles. The molecule has 5 heteroatoms. The van der Waals surface area contributed by atoms with Gasteiger partial charge in [0.25, 0.3) is 0 Å². The predicted octanol–water partition coefficient (Wildman–Crippen LogP) is 3.48. The van der Waals surface area contributed by atoms with Gasteiger partial charge < -0.3 is 15.2 Å². The minimum absolute atomic E-state index is 0.304. The van der Waals surface area contributed by atoms with E-state index in [9.17, 15) is 9.90 Å². The Morgan fingerprint density at radius 3 is 2.95 bits per heavy atom. The number of anilines is 1. The normalized spacial score (nSPS) is 21.7. The van der Waals surface area contributed by atoms with Gasteiger partial charge in [-0.3, -0.25) is 0 Å². The van der Waals surface area contributed by atoms with Crippen molar-refractivity contribution in [1.29, 1.82) is 0 Å². The number of rotatable bonds is 6. The highest BCUT2D eigenvalue weighted by atomic mass is 32.2. The van der Waals surface area contributed by atoms with E-state index in [0.717, 1.165) is 12.2 Å². The number of benzene rings is 1. The molecule has 2 N–H and O–H groups in total. The zero-order valence-corrected chi connectivity index (χ0v) is 12.7. The highest BCUT2D eigenvalue weighted by Crippen LogP contribution is 2.33. The van der Waals surface area contributed by atoms with Crippen LogP contribution in [0.25, 0.3) is 0 Å². The zero-order valence-electron chi connectivity index (χ0n) is 11.9. The van der Waals surface area contributed by atoms with Gasteiger partial charge in [0.1, 0.15) is 5.75 Å². The maximum atomic E-state index is 11.3. The number of carboxylic acid groups (broad SMARTS) is 1. The molecule has 1 aliphatic rings. The summed E-state index contributed by atoms with van der Waals surface area (Å²) in [5, 5.41) is 13.3. The van der Waals surface area contributed by atoms with Gasteiger partial charge in [0.15, 0.2) is 0 Å². The van der Waals surface area contributed by atoms with Crippen molar-refractivity contribution in [3.05, 3.63) is 23.8 Å². The summed E-state index contributed by atoms with van der Waals surface area (Å²) < 4.78 is 5.19. The summed E-state index contributed by atoms with van der Waals surface area (Å²) in [6.07, 6.45) is 3.48. The third-order valence-electron chi connectivity index (χ3n) is 3.63. The number of aromatic carboxylic acids is 1. The predicted molar refractivity (Wildman–Crippen MR) is 83.1 cm³/mol. The Kier molecular flexibility index (Phi) is 5.17. The smallest absolute Gasteiger partial charge is 0.337 e. The van der Waals surface area contributed by atoms with Crippen LogP contribution in [0.1, 0.15) is 36.5 Å². The topological polar surface area (TPSA) is 58.6 Å². The SMILES string of the molecule is CCSC1CCCC1Nc1cc(OC)ccc1C(=O)O. The fourth-order valence-electron chi connectivity index (χ4n) is 2.66. The van der Waals surface area contributed by atoms with Crippen LogP contribution in [-0.4, -0.2) is 35.2 Å². The van der Waals surface area contributed by atoms with Crippen LogP contribution in [0.3, 0.4) is 0 Å². The minimum Gasteiger partial charge on any atom is -0.497 e. The van der Waals surface area contributed by atoms with Crippen molar-refractivity contribution in [3.8, 4) is 5.75 Å². The quantitative estimate of drug-likeness (QED) is 0.841. The average Bonchev–Trinajstić information content (AvgIpc) is 2.86. The van der Waals surface area contributed by atoms with Gasteiger partial charge in [-0.2, -0.15) is 11.8 Å². The largest absolute Gasteiger partial charge is 0.497 e. The van der Waals surface area contributed by atoms with E-state index in [-0.39, 0.29) is 0 Å². The van der Waals surface area contributed by atoms with E-state index in [1.54, 1.807) is 25.3 Å². The van der Waals surface area contributed by atoms with Gasteiger partial charge in [0.2, 0.25) is 0 Å². The Balaban J connectivity index is 2.20. The molecule has 1 aromatic carbocycles. The summed E-state index contributed by atoms with van der Waals surface area (Å²) in [7, 11) is 1.59. The Morgan fingerprint density at radius 1 is 1.50 bits per heavy atom. The summed E-state index contributed by atoms with van der Waals surface area (Å²) in [6.45, 7) is 2.16. The fourth-order valence-corrected chi connectivity index (χ4v) is 3.86. The average molecular weight is 295 g/mol. The number of methoxy groups -OCH3 is 1. The van der Waals surface area contributed by atoms with Crippen LogP contribution >= 0.6 is 11.8 Å². The van der Waals surface area contributed by atoms with Crippen molar-refractivity contribution in [2.24, 2.45) is 0 Å². The molecule has 0 heterocycles. The molecular formula is C15H21NO3S. The van der Waals surface area contributed by atoms with Gasteiger partial charge in [-0.15, -0.1) is 0 Å². The molecular weight excluding hydrogens is 274 g/mol. The molecule has 20 heavy (non-hydrogen) atoms. The zero-order chi connectivity index (χ0) is 14.5. The fraction of sp³-hybridized carbons (Fsp3) is 0.533. The van der Waals surface area contributed by atoms with E-state index in [4.69, 9.17) is 4.74 Å². The van der Waals surface area contributed by atoms with Crippen LogP contribution in [-0.2, 0) is 0 Å². The van der Waals surface area contributed by atoms with Crippen molar-refractivity contribution in [3.63, 3.8) is 0 Å². The van der Waals surface area contributed by atoms with Gasteiger partial charge in [-0.05, 0) is 30.7 Å². The highest BCUT2D eigenvalue weighted by molar-refractivity contribution is 7.99. The van der Waals surface area contributed by atoms with Gasteiger partial charge in [0.05, 0.1) is 18.4 Å². The number of hydrogen-bond donors (Lipinski definition) is 2. The summed E-state index contributed by atoms with van der Waals surface area (Å²) in [5.74, 6) is 0.857. The third-order valence-corrected chi connectivity index (χ3v) is 4.96. The maximum absolute atomic E-state index is 11.3. The molecule has 0 aromatic heterocycles. The second-order valence-corrected chi connectivity index (χ2v) is 6.41. The second kappa shape index (κ2) is 6.88. The molecule has 1 saturated carbocycles. The van der Waals surface area contributed by atoms with E-state index in [0.29, 0.717) is 28.3 Å². The van der Waals surface area contributed by atoms with Crippen molar-refractivity contribution in [2.45, 2.75) is 37.5 Å². The molecule has 1 aliphatic carbocycles. The van der Waals surface area contributed by atoms with E-state index < -0.39 is 5.97 Å². The number of nitrogens with one attached hydrogen (secondary N) is 1. The Labute approximate surface area is 123 Å². The summed E-state index contributed by atoms with van der Waals surface area (Å²) >= 11 is 1.95. The lowest BCUT2D eigenvalue weighted by molar-refractivity contribution is 0.0698. The summed E-state index contributed by atoms with van der Waals surface area (Å²) in [5.41, 5.74) is 0.961. The van der Waals surface area contributed by atoms with Gasteiger partial charge in [0, 0.05) is 17.4 Å². The Morgan fingerprint density at radius 2 is 2.30 bits per heavy atom. The molecule has 2 rings (SSSR count). The van der Waals surface area contributed by atoms with E-state index in [1.807, 2.05) is 11.8 Å². The molecule has 2 unspecified atom stereocenters. The van der Waals surface area contributed by atoms with Crippen LogP contribution in [0.4, 0.5) is 5.69 Å². The van der Waals surface area contributed by atoms with Crippen molar-refractivity contribution >= 4 is 23.4 Å². The molecule has 0 amide bonds. The lowest BCUT2D eigenvalue weighted by Gasteiger charge is -2.22. The molecule has 2 atom stereocenters. The molecule has 1 aromatic rings. The molecule has 1 fully saturated rings. The van der Waals surface area contributed by atoms with E-state index in [2.05, 4.69) is 12.2 Å². The minimum atomic E-state index is -0.909. The van der Waals surface area contributed by atoms with Gasteiger partial charge in [-0.1, -0.05) is 13.3 Å². The van der Waals surface area contributed by atoms with E-state index in [1.165, 1.54) is 12.8 Å². The van der Waals surface area contributed by atoms with Gasteiger partial charge >= 0.3 is 5.97 Å². The number of thioether (sulfide) groups is 1. The number of carbonyl (C=O) groups is 1. The first-order valence-corrected chi connectivity index (χ1v) is 8.00. The number of hydrogen-bond acceptors (Lipinski definition) is 4. The standard InChI is InChI=1S/C15H21NO3S/c1-3-20-14-6-4-5-12(14)16-13-9-10(19-2)7-8-11(13)15(17)18/h7-9,12,14,16H,3-6H2,1-2H3,(H,17,18). The second-order valence-electron chi connectivity index (χ2n) is 4.89. The molecule has 0 spiro atoms. The van der Waals surface area contributed by atoms with E-state index >= 15 is 0 Å². The van der Waals surface area contributed by atoms with Crippen LogP contribution in [0.5, 0.6) is 5.75 Å². The lowest BCUT2D eigenvalue weighted by atomic mass is 10.1. The van der Waals surface area contributed by atoms with Crippen molar-refractivity contribution in [1.82, 2.24) is 0 Å². The van der Waals surface area contributed by atoms with Crippen LogP contribution in [0.15, 0.2) is 18.2 Å². The summed E-state index contributed by atoms with van der Waals surface area (Å²) in [4.78, 5) is 11.3. The van der Waals surface area contributed by atoms with Crippen LogP contribution in [0, 0.1) is 0 Å². The molecule has 4 nitrogen and oxygen atoms in total. The molecule has 0 radical (unpaired) electrons. The highest BCUT2D eigenvalue weighted by Gasteiger charge is 2.28. The maximum Gasteiger partial charge on any atom is 0.337 e. The molecule has 0 aliphatic heterocycles. The number of carboxylic acids is 1. The first-order chi connectivity index (χ1) is 9.65. The lowest BCUT2D eigenvalue weighted by Crippen LogP contribution is -2.27. The van der Waals surface area contributed by atoms with Gasteiger partial charge in [-0.25, -0.2) is 4.79 Å². The first kappa shape index (κ1) is 15.0. The van der Waals surface area contributed by atoms with Crippen molar-refractivity contribution < 1.29 is 14.6 Å². The Bertz CT molecular complexity index is 478. The Hall–Kier alpha value is -1.36. The molecule has 0 bridgehead atoms. The summed E-state index contributed by atoms with van der Waals surface area (Å²) in [6, 6.07) is 5.39.